The van der Waals surface area contributed by atoms with Crippen LogP contribution in [0.5, 0.6) is 11.6 Å². The fraction of sp³-hybridized carbons (Fsp3) is 0.407. The van der Waals surface area contributed by atoms with E-state index in [4.69, 9.17) is 21.1 Å². The van der Waals surface area contributed by atoms with E-state index in [2.05, 4.69) is 20.9 Å². The van der Waals surface area contributed by atoms with Crippen LogP contribution in [0.4, 0.5) is 5.69 Å². The summed E-state index contributed by atoms with van der Waals surface area (Å²) in [5, 5.41) is 22.9. The Morgan fingerprint density at radius 2 is 2.14 bits per heavy atom. The number of ether oxygens (including phenoxy) is 2. The van der Waals surface area contributed by atoms with Gasteiger partial charge in [-0.2, -0.15) is 0 Å². The van der Waals surface area contributed by atoms with Gasteiger partial charge in [0, 0.05) is 34.6 Å². The van der Waals surface area contributed by atoms with Gasteiger partial charge in [0.2, 0.25) is 5.88 Å². The van der Waals surface area contributed by atoms with Crippen LogP contribution in [-0.2, 0) is 11.3 Å². The van der Waals surface area contributed by atoms with Crippen LogP contribution in [0.1, 0.15) is 36.5 Å². The van der Waals surface area contributed by atoms with Crippen molar-refractivity contribution in [3.63, 3.8) is 0 Å². The lowest BCUT2D eigenvalue weighted by atomic mass is 9.86. The Morgan fingerprint density at radius 1 is 1.28 bits per heavy atom. The molecule has 2 aromatic carbocycles. The van der Waals surface area contributed by atoms with Gasteiger partial charge in [0.1, 0.15) is 5.75 Å². The van der Waals surface area contributed by atoms with Crippen molar-refractivity contribution in [2.45, 2.75) is 38.0 Å². The lowest BCUT2D eigenvalue weighted by Gasteiger charge is -2.33. The minimum absolute atomic E-state index is 0.0339. The smallest absolute Gasteiger partial charge is 0.262 e. The first-order valence-electron chi connectivity index (χ1n) is 12.3. The van der Waals surface area contributed by atoms with Crippen molar-refractivity contribution in [2.75, 3.05) is 32.1 Å². The van der Waals surface area contributed by atoms with E-state index in [0.717, 1.165) is 36.9 Å². The molecule has 1 fully saturated rings. The predicted molar refractivity (Wildman–Crippen MR) is 140 cm³/mol. The van der Waals surface area contributed by atoms with Crippen molar-refractivity contribution in [1.82, 2.24) is 15.6 Å². The summed E-state index contributed by atoms with van der Waals surface area (Å²) < 4.78 is 10.8. The molecule has 3 heterocycles. The standard InChI is InChI=1S/C27H31ClN4O4/c1-35-25-9-6-17-5-7-19(28)26(27(17)32-25)22(33)12-20(18-3-2-10-29-14-18)30-13-16-4-8-23-21(11-16)31-24(34)15-36-23/h4-9,11,18,20,22,29-30,33H,2-3,10,12-15H2,1H3,(H,31,34). The fourth-order valence-electron chi connectivity index (χ4n) is 5.11. The molecule has 36 heavy (non-hydrogen) atoms. The first-order chi connectivity index (χ1) is 17.5. The quantitative estimate of drug-likeness (QED) is 0.365. The Morgan fingerprint density at radius 3 is 2.94 bits per heavy atom. The summed E-state index contributed by atoms with van der Waals surface area (Å²) in [5.74, 6) is 1.35. The van der Waals surface area contributed by atoms with Gasteiger partial charge in [0.15, 0.2) is 6.61 Å². The highest BCUT2D eigenvalue weighted by atomic mass is 35.5. The molecule has 8 nitrogen and oxygen atoms in total. The third-order valence-electron chi connectivity index (χ3n) is 6.99. The van der Waals surface area contributed by atoms with Gasteiger partial charge in [-0.05, 0) is 68.1 Å². The van der Waals surface area contributed by atoms with Gasteiger partial charge in [-0.3, -0.25) is 4.79 Å². The van der Waals surface area contributed by atoms with Crippen LogP contribution in [-0.4, -0.2) is 48.8 Å². The van der Waals surface area contributed by atoms with Crippen LogP contribution in [0.25, 0.3) is 10.9 Å². The SMILES string of the molecule is COc1ccc2ccc(Cl)c(C(O)CC(NCc3ccc4c(c3)NC(=O)CO4)C3CCCNC3)c2n1. The number of carbonyl (C=O) groups is 1. The van der Waals surface area contributed by atoms with E-state index in [0.29, 0.717) is 52.3 Å². The van der Waals surface area contributed by atoms with Gasteiger partial charge < -0.3 is 30.5 Å². The number of hydrogen-bond donors (Lipinski definition) is 4. The molecule has 1 amide bonds. The Bertz CT molecular complexity index is 1250. The van der Waals surface area contributed by atoms with Crippen LogP contribution in [0.2, 0.25) is 5.02 Å². The molecule has 1 saturated heterocycles. The van der Waals surface area contributed by atoms with Crippen molar-refractivity contribution in [3.05, 3.63) is 58.6 Å². The second-order valence-corrected chi connectivity index (χ2v) is 9.81. The summed E-state index contributed by atoms with van der Waals surface area (Å²) in [5.41, 5.74) is 2.99. The third kappa shape index (κ3) is 5.42. The predicted octanol–water partition coefficient (Wildman–Crippen LogP) is 3.81. The van der Waals surface area contributed by atoms with Gasteiger partial charge in [0.05, 0.1) is 24.4 Å². The molecule has 3 aromatic rings. The van der Waals surface area contributed by atoms with E-state index in [-0.39, 0.29) is 18.6 Å². The molecule has 0 radical (unpaired) electrons. The number of nitrogens with one attached hydrogen (secondary N) is 3. The molecule has 3 unspecified atom stereocenters. The lowest BCUT2D eigenvalue weighted by molar-refractivity contribution is -0.118. The van der Waals surface area contributed by atoms with Crippen LogP contribution in [0.15, 0.2) is 42.5 Å². The Labute approximate surface area is 215 Å². The highest BCUT2D eigenvalue weighted by Gasteiger charge is 2.28. The van der Waals surface area contributed by atoms with Crippen molar-refractivity contribution in [2.24, 2.45) is 5.92 Å². The van der Waals surface area contributed by atoms with E-state index in [1.54, 1.807) is 13.2 Å². The Balaban J connectivity index is 1.37. The number of carbonyl (C=O) groups excluding carboxylic acids is 1. The Kier molecular flexibility index (Phi) is 7.57. The molecule has 0 spiro atoms. The lowest BCUT2D eigenvalue weighted by Crippen LogP contribution is -2.44. The summed E-state index contributed by atoms with van der Waals surface area (Å²) in [6.45, 7) is 2.52. The number of methoxy groups -OCH3 is 1. The normalized spacial score (nSPS) is 19.2. The van der Waals surface area contributed by atoms with Crippen molar-refractivity contribution in [3.8, 4) is 11.6 Å². The second kappa shape index (κ2) is 11.0. The molecular formula is C27H31ClN4O4. The van der Waals surface area contributed by atoms with Gasteiger partial charge in [-0.1, -0.05) is 23.7 Å². The second-order valence-electron chi connectivity index (χ2n) is 9.40. The molecule has 5 rings (SSSR count). The molecule has 0 saturated carbocycles. The number of aromatic nitrogens is 1. The van der Waals surface area contributed by atoms with Crippen LogP contribution in [0.3, 0.4) is 0 Å². The molecule has 2 aliphatic rings. The molecule has 1 aromatic heterocycles. The molecule has 2 aliphatic heterocycles. The molecule has 190 valence electrons. The minimum atomic E-state index is -0.809. The van der Waals surface area contributed by atoms with Crippen LogP contribution < -0.4 is 25.4 Å². The number of pyridine rings is 1. The molecule has 0 aliphatic carbocycles. The maximum Gasteiger partial charge on any atom is 0.262 e. The van der Waals surface area contributed by atoms with Gasteiger partial charge in [-0.25, -0.2) is 4.98 Å². The Hall–Kier alpha value is -2.91. The largest absolute Gasteiger partial charge is 0.482 e. The summed E-state index contributed by atoms with van der Waals surface area (Å²) in [6.07, 6.45) is 1.83. The number of rotatable bonds is 8. The number of hydrogen-bond acceptors (Lipinski definition) is 7. The molecular weight excluding hydrogens is 480 g/mol. The number of benzene rings is 2. The number of piperidine rings is 1. The van der Waals surface area contributed by atoms with E-state index in [1.165, 1.54) is 0 Å². The topological polar surface area (TPSA) is 105 Å². The maximum absolute atomic E-state index is 11.7. The van der Waals surface area contributed by atoms with E-state index < -0.39 is 6.10 Å². The van der Waals surface area contributed by atoms with Gasteiger partial charge in [-0.15, -0.1) is 0 Å². The number of amides is 1. The number of nitrogens with zero attached hydrogens (tertiary/aromatic N) is 1. The summed E-state index contributed by atoms with van der Waals surface area (Å²) >= 11 is 6.60. The number of aliphatic hydroxyl groups is 1. The fourth-order valence-corrected chi connectivity index (χ4v) is 5.39. The summed E-state index contributed by atoms with van der Waals surface area (Å²) in [6, 6.07) is 13.3. The number of anilines is 1. The number of fused-ring (bicyclic) bond motifs is 2. The average Bonchev–Trinajstić information content (AvgIpc) is 2.90. The highest BCUT2D eigenvalue weighted by Crippen LogP contribution is 2.35. The van der Waals surface area contributed by atoms with E-state index in [1.807, 2.05) is 36.4 Å². The molecule has 9 heteroatoms. The minimum Gasteiger partial charge on any atom is -0.482 e. The van der Waals surface area contributed by atoms with Crippen molar-refractivity contribution >= 4 is 34.1 Å². The van der Waals surface area contributed by atoms with Crippen LogP contribution in [0, 0.1) is 5.92 Å². The highest BCUT2D eigenvalue weighted by molar-refractivity contribution is 6.32. The molecule has 3 atom stereocenters. The van der Waals surface area contributed by atoms with Gasteiger partial charge in [0.25, 0.3) is 5.91 Å². The van der Waals surface area contributed by atoms with E-state index in [9.17, 15) is 9.90 Å². The summed E-state index contributed by atoms with van der Waals surface area (Å²) in [7, 11) is 1.57. The van der Waals surface area contributed by atoms with E-state index >= 15 is 0 Å². The zero-order chi connectivity index (χ0) is 25.1. The molecule has 0 bridgehead atoms. The van der Waals surface area contributed by atoms with Crippen LogP contribution >= 0.6 is 11.6 Å². The van der Waals surface area contributed by atoms with Crippen molar-refractivity contribution < 1.29 is 19.4 Å². The third-order valence-corrected chi connectivity index (χ3v) is 7.32. The summed E-state index contributed by atoms with van der Waals surface area (Å²) in [4.78, 5) is 16.3. The average molecular weight is 511 g/mol. The molecule has 4 N–H and O–H groups in total. The first-order valence-corrected chi connectivity index (χ1v) is 12.7. The van der Waals surface area contributed by atoms with Gasteiger partial charge >= 0.3 is 0 Å². The zero-order valence-corrected chi connectivity index (χ0v) is 21.0. The number of aliphatic hydroxyl groups excluding tert-OH is 1. The van der Waals surface area contributed by atoms with Crippen molar-refractivity contribution in [1.29, 1.82) is 0 Å². The number of halogens is 1. The first kappa shape index (κ1) is 24.8. The zero-order valence-electron chi connectivity index (χ0n) is 20.2. The monoisotopic (exact) mass is 510 g/mol. The maximum atomic E-state index is 11.7.